The van der Waals surface area contributed by atoms with Crippen LogP contribution >= 0.6 is 0 Å². The number of allylic oxidation sites excluding steroid dienone is 2. The normalized spacial score (nSPS) is 15.1. The van der Waals surface area contributed by atoms with Crippen LogP contribution in [0.1, 0.15) is 246 Å². The molecule has 2 aromatic rings. The van der Waals surface area contributed by atoms with E-state index in [9.17, 15) is 4.39 Å². The van der Waals surface area contributed by atoms with Gasteiger partial charge in [-0.1, -0.05) is 202 Å². The Hall–Kier alpha value is -2.10. The van der Waals surface area contributed by atoms with Crippen molar-refractivity contribution in [2.75, 3.05) is 7.05 Å². The standard InChI is InChI=1S/C13H28BN.C11H13F.C11H14.C8H15B.C8H18.C3H6.2C2H6.CH5N/c1-4-8-12(9-5-2)13(3,15)10-6-7-11-14;1-8-3-2-4-9-5-6-10(12)7-11(8)9;1-8-3-6-11-9(2)4-5-10(11)7-8;1-3-8(2)6-4-5-7-9;1-4-6-8(3)7-5-2;1-3-2;3*1-2/h12H,4-11,15H2,1-3H3;5-8H,2-4H2,1H3;3,6-7,9H,4-5H2,1-2H3;3,8H,1,4-7H2,2H3;8H,4-7H2,1-3H3;3H,1H2,2H3;2*1-2H3;2H2,1H3. The monoisotopic (exact) mass is 889 g/mol. The lowest BCUT2D eigenvalue weighted by Crippen LogP contribution is -2.44. The lowest BCUT2D eigenvalue weighted by Gasteiger charge is -2.34. The molecule has 4 N–H and O–H groups in total. The summed E-state index contributed by atoms with van der Waals surface area (Å²) in [6, 6.07) is 12.0. The Bertz CT molecular complexity index is 1270. The molecule has 0 aliphatic heterocycles. The number of unbranched alkanes of at least 4 members (excludes halogenated alkanes) is 2. The molecule has 4 atom stereocenters. The number of hydrogen-bond donors (Lipinski definition) is 2. The Morgan fingerprint density at radius 1 is 0.719 bits per heavy atom. The smallest absolute Gasteiger partial charge is 0.123 e. The molecule has 0 bridgehead atoms. The van der Waals surface area contributed by atoms with Crippen LogP contribution in [0.2, 0.25) is 12.6 Å². The van der Waals surface area contributed by atoms with Gasteiger partial charge in [-0.2, -0.15) is 0 Å². The van der Waals surface area contributed by atoms with Crippen molar-refractivity contribution in [2.24, 2.45) is 29.2 Å². The van der Waals surface area contributed by atoms with E-state index >= 15 is 0 Å². The van der Waals surface area contributed by atoms with E-state index in [4.69, 9.17) is 21.4 Å². The average Bonchev–Trinajstić information content (AvgIpc) is 3.66. The minimum atomic E-state index is -0.0949. The summed E-state index contributed by atoms with van der Waals surface area (Å²) < 4.78 is 12.9. The van der Waals surface area contributed by atoms with Crippen LogP contribution in [0, 0.1) is 30.5 Å². The number of benzene rings is 2. The summed E-state index contributed by atoms with van der Waals surface area (Å²) in [6.45, 7) is 39.4. The van der Waals surface area contributed by atoms with Crippen LogP contribution in [-0.2, 0) is 12.8 Å². The van der Waals surface area contributed by atoms with Crippen molar-refractivity contribution in [2.45, 2.75) is 256 Å². The minimum Gasteiger partial charge on any atom is -0.333 e. The van der Waals surface area contributed by atoms with Gasteiger partial charge >= 0.3 is 0 Å². The van der Waals surface area contributed by atoms with E-state index < -0.39 is 0 Å². The zero-order chi connectivity index (χ0) is 50.4. The Balaban J connectivity index is -0.000000219. The lowest BCUT2D eigenvalue weighted by molar-refractivity contribution is 0.237. The van der Waals surface area contributed by atoms with Crippen LogP contribution in [0.15, 0.2) is 61.7 Å². The highest BCUT2D eigenvalue weighted by molar-refractivity contribution is 6.08. The zero-order valence-corrected chi connectivity index (χ0v) is 46.0. The maximum Gasteiger partial charge on any atom is 0.123 e. The molecule has 2 aliphatic carbocycles. The Morgan fingerprint density at radius 2 is 1.22 bits per heavy atom. The van der Waals surface area contributed by atoms with Crippen molar-refractivity contribution >= 4 is 15.7 Å². The van der Waals surface area contributed by atoms with Crippen LogP contribution in [0.5, 0.6) is 0 Å². The summed E-state index contributed by atoms with van der Waals surface area (Å²) in [5.41, 5.74) is 18.1. The highest BCUT2D eigenvalue weighted by atomic mass is 19.1. The van der Waals surface area contributed by atoms with E-state index in [0.29, 0.717) is 17.8 Å². The predicted octanol–water partition coefficient (Wildman–Crippen LogP) is 18.6. The molecule has 0 fully saturated rings. The zero-order valence-electron chi connectivity index (χ0n) is 46.0. The van der Waals surface area contributed by atoms with Gasteiger partial charge < -0.3 is 11.5 Å². The van der Waals surface area contributed by atoms with Gasteiger partial charge in [-0.05, 0) is 150 Å². The molecule has 4 radical (unpaired) electrons. The van der Waals surface area contributed by atoms with E-state index in [2.05, 4.69) is 106 Å². The molecular weight excluding hydrogens is 777 g/mol. The fraction of sp³-hybridized carbons (Fsp3) is 0.729. The topological polar surface area (TPSA) is 52.0 Å². The van der Waals surface area contributed by atoms with Gasteiger partial charge in [0.05, 0.1) is 15.7 Å². The van der Waals surface area contributed by atoms with E-state index in [1.54, 1.807) is 29.3 Å². The third-order valence-corrected chi connectivity index (χ3v) is 11.9. The molecule has 0 spiro atoms. The molecule has 4 unspecified atom stereocenters. The molecular formula is C59H111B2FN2. The predicted molar refractivity (Wildman–Crippen MR) is 297 cm³/mol. The molecule has 0 saturated heterocycles. The highest BCUT2D eigenvalue weighted by Gasteiger charge is 2.27. The molecule has 5 heteroatoms. The fourth-order valence-corrected chi connectivity index (χ4v) is 8.18. The second-order valence-electron chi connectivity index (χ2n) is 17.9. The van der Waals surface area contributed by atoms with Crippen LogP contribution in [0.25, 0.3) is 0 Å². The van der Waals surface area contributed by atoms with Gasteiger partial charge in [0.15, 0.2) is 0 Å². The number of aryl methyl sites for hydroxylation is 3. The van der Waals surface area contributed by atoms with Crippen LogP contribution in [0.3, 0.4) is 0 Å². The summed E-state index contributed by atoms with van der Waals surface area (Å²) in [7, 11) is 12.3. The maximum atomic E-state index is 12.9. The first kappa shape index (κ1) is 70.9. The lowest BCUT2D eigenvalue weighted by atomic mass is 9.77. The first-order valence-corrected chi connectivity index (χ1v) is 26.5. The largest absolute Gasteiger partial charge is 0.333 e. The Kier molecular flexibility index (Phi) is 55.7. The summed E-state index contributed by atoms with van der Waals surface area (Å²) >= 11 is 0. The average molecular weight is 889 g/mol. The van der Waals surface area contributed by atoms with Crippen LogP contribution < -0.4 is 11.5 Å². The second-order valence-corrected chi connectivity index (χ2v) is 17.9. The minimum absolute atomic E-state index is 0.0151. The van der Waals surface area contributed by atoms with Crippen molar-refractivity contribution in [1.29, 1.82) is 0 Å². The Labute approximate surface area is 405 Å². The van der Waals surface area contributed by atoms with Crippen molar-refractivity contribution in [3.8, 4) is 0 Å². The van der Waals surface area contributed by atoms with Gasteiger partial charge in [-0.15, -0.1) is 13.2 Å². The molecule has 0 saturated carbocycles. The summed E-state index contributed by atoms with van der Waals surface area (Å²) in [5.74, 6) is 3.56. The van der Waals surface area contributed by atoms with E-state index in [1.807, 2.05) is 46.8 Å². The maximum absolute atomic E-state index is 12.9. The van der Waals surface area contributed by atoms with Crippen LogP contribution in [0.4, 0.5) is 4.39 Å². The molecule has 4 rings (SSSR count). The quantitative estimate of drug-likeness (QED) is 0.0890. The SMILES string of the molecule is C=CC.CC.CC.CC1CCCc2ccc(F)cc21.CCCC(C)CCC.CN.Cc1ccc2c(c1)CCC2C.[B]CCCCC(C)(N)C(CCC)CCC.[B]CCCCC(C)C=C. The highest BCUT2D eigenvalue weighted by Crippen LogP contribution is 2.33. The fourth-order valence-electron chi connectivity index (χ4n) is 8.18. The molecule has 370 valence electrons. The van der Waals surface area contributed by atoms with Gasteiger partial charge in [-0.3, -0.25) is 0 Å². The molecule has 2 aromatic carbocycles. The first-order chi connectivity index (χ1) is 30.7. The molecule has 0 heterocycles. The number of fused-ring (bicyclic) bond motifs is 2. The Morgan fingerprint density at radius 3 is 1.70 bits per heavy atom. The van der Waals surface area contributed by atoms with Gasteiger partial charge in [0.2, 0.25) is 0 Å². The third-order valence-electron chi connectivity index (χ3n) is 11.9. The van der Waals surface area contributed by atoms with Crippen molar-refractivity contribution in [3.63, 3.8) is 0 Å². The second kappa shape index (κ2) is 50.3. The van der Waals surface area contributed by atoms with Crippen molar-refractivity contribution in [3.05, 3.63) is 95.3 Å². The molecule has 64 heavy (non-hydrogen) atoms. The van der Waals surface area contributed by atoms with E-state index in [1.165, 1.54) is 120 Å². The van der Waals surface area contributed by atoms with Gasteiger partial charge in [0, 0.05) is 5.54 Å². The summed E-state index contributed by atoms with van der Waals surface area (Å²) in [5, 5.41) is 0. The number of nitrogens with two attached hydrogens (primary N) is 2. The number of halogens is 1. The van der Waals surface area contributed by atoms with E-state index in [-0.39, 0.29) is 11.4 Å². The molecule has 0 aromatic heterocycles. The summed E-state index contributed by atoms with van der Waals surface area (Å²) in [6.07, 6.45) is 29.2. The number of rotatable bonds is 18. The van der Waals surface area contributed by atoms with Gasteiger partial charge in [0.1, 0.15) is 5.82 Å². The summed E-state index contributed by atoms with van der Waals surface area (Å²) in [4.78, 5) is 0. The first-order valence-electron chi connectivity index (χ1n) is 26.5. The van der Waals surface area contributed by atoms with Crippen molar-refractivity contribution in [1.82, 2.24) is 0 Å². The molecule has 2 nitrogen and oxygen atoms in total. The van der Waals surface area contributed by atoms with Crippen molar-refractivity contribution < 1.29 is 4.39 Å². The van der Waals surface area contributed by atoms with Gasteiger partial charge in [0.25, 0.3) is 0 Å². The van der Waals surface area contributed by atoms with Crippen LogP contribution in [-0.4, -0.2) is 28.3 Å². The number of hydrogen-bond acceptors (Lipinski definition) is 2. The van der Waals surface area contributed by atoms with Gasteiger partial charge in [-0.25, -0.2) is 4.39 Å². The third kappa shape index (κ3) is 38.1. The van der Waals surface area contributed by atoms with E-state index in [0.717, 1.165) is 50.2 Å². The molecule has 0 amide bonds. The molecule has 2 aliphatic rings.